The molecule has 4 rings (SSSR count). The molecule has 0 spiro atoms. The summed E-state index contributed by atoms with van der Waals surface area (Å²) in [6.45, 7) is 10.8. The molecule has 2 aliphatic rings. The van der Waals surface area contributed by atoms with Crippen molar-refractivity contribution in [3.8, 4) is 0 Å². The van der Waals surface area contributed by atoms with Crippen molar-refractivity contribution in [1.29, 1.82) is 0 Å². The summed E-state index contributed by atoms with van der Waals surface area (Å²) in [5, 5.41) is 12.2. The summed E-state index contributed by atoms with van der Waals surface area (Å²) >= 11 is 0. The molecule has 0 radical (unpaired) electrons. The molecular formula is C31H43N5O7. The molecule has 4 atom stereocenters. The number of rotatable bonds is 15. The number of aromatic nitrogens is 1. The predicted molar refractivity (Wildman–Crippen MR) is 157 cm³/mol. The van der Waals surface area contributed by atoms with Gasteiger partial charge in [-0.3, -0.25) is 24.1 Å². The molecule has 3 heterocycles. The van der Waals surface area contributed by atoms with Crippen molar-refractivity contribution in [2.45, 2.75) is 77.2 Å². The minimum atomic E-state index is -0.953. The highest BCUT2D eigenvalue weighted by molar-refractivity contribution is 5.99. The lowest BCUT2D eigenvalue weighted by Gasteiger charge is -2.25. The van der Waals surface area contributed by atoms with Gasteiger partial charge in [-0.2, -0.15) is 0 Å². The summed E-state index contributed by atoms with van der Waals surface area (Å²) < 4.78 is 16.1. The highest BCUT2D eigenvalue weighted by Crippen LogP contribution is 2.29. The van der Waals surface area contributed by atoms with Crippen LogP contribution < -0.4 is 16.0 Å². The van der Waals surface area contributed by atoms with E-state index in [0.29, 0.717) is 51.4 Å². The lowest BCUT2D eigenvalue weighted by Crippen LogP contribution is -2.56. The van der Waals surface area contributed by atoms with Gasteiger partial charge in [0, 0.05) is 19.2 Å². The van der Waals surface area contributed by atoms with E-state index in [2.05, 4.69) is 26.0 Å². The number of amides is 3. The maximum absolute atomic E-state index is 13.4. The molecule has 2 saturated heterocycles. The Morgan fingerprint density at radius 2 is 1.67 bits per heavy atom. The lowest BCUT2D eigenvalue weighted by atomic mass is 9.93. The van der Waals surface area contributed by atoms with E-state index in [4.69, 9.17) is 14.0 Å². The van der Waals surface area contributed by atoms with E-state index >= 15 is 0 Å². The lowest BCUT2D eigenvalue weighted by molar-refractivity contribution is -0.133. The Morgan fingerprint density at radius 3 is 2.33 bits per heavy atom. The molecule has 12 heteroatoms. The Labute approximate surface area is 252 Å². The summed E-state index contributed by atoms with van der Waals surface area (Å²) in [7, 11) is 0. The highest BCUT2D eigenvalue weighted by atomic mass is 16.6. The number of Topliss-reactive ketones (excluding diaryl/α,β-unsaturated/α-hetero) is 1. The SMILES string of the molecule is CC(C)C[C@H](NC(=O)[C@H](C)NC(=O)[C@H](CCc1ccccc1)NC(=O)c1cc(CN2CCOCC2)on1)C(=O)[C@@]1(C)CO1. The van der Waals surface area contributed by atoms with Crippen LogP contribution in [-0.4, -0.2) is 90.2 Å². The van der Waals surface area contributed by atoms with Crippen molar-refractivity contribution in [3.63, 3.8) is 0 Å². The van der Waals surface area contributed by atoms with Crippen LogP contribution in [0.4, 0.5) is 0 Å². The number of hydrogen-bond donors (Lipinski definition) is 3. The number of ketones is 1. The fourth-order valence-corrected chi connectivity index (χ4v) is 4.93. The first-order valence-electron chi connectivity index (χ1n) is 14.9. The van der Waals surface area contributed by atoms with E-state index in [-0.39, 0.29) is 17.4 Å². The molecular weight excluding hydrogens is 554 g/mol. The summed E-state index contributed by atoms with van der Waals surface area (Å²) in [5.41, 5.74) is 0.188. The van der Waals surface area contributed by atoms with E-state index in [1.165, 1.54) is 0 Å². The van der Waals surface area contributed by atoms with Crippen LogP contribution in [0.2, 0.25) is 0 Å². The van der Waals surface area contributed by atoms with Crippen molar-refractivity contribution < 1.29 is 33.2 Å². The van der Waals surface area contributed by atoms with Gasteiger partial charge in [-0.1, -0.05) is 49.3 Å². The smallest absolute Gasteiger partial charge is 0.274 e. The van der Waals surface area contributed by atoms with E-state index in [0.717, 1.165) is 18.7 Å². The van der Waals surface area contributed by atoms with Gasteiger partial charge in [0.05, 0.1) is 32.4 Å². The third-order valence-corrected chi connectivity index (χ3v) is 7.65. The number of nitrogens with zero attached hydrogens (tertiary/aromatic N) is 2. The number of morpholine rings is 1. The van der Waals surface area contributed by atoms with Gasteiger partial charge in [-0.25, -0.2) is 0 Å². The van der Waals surface area contributed by atoms with Gasteiger partial charge in [0.2, 0.25) is 11.8 Å². The van der Waals surface area contributed by atoms with Crippen LogP contribution in [0.5, 0.6) is 0 Å². The van der Waals surface area contributed by atoms with Crippen LogP contribution in [0, 0.1) is 5.92 Å². The Kier molecular flexibility index (Phi) is 11.1. The molecule has 0 unspecified atom stereocenters. The first-order valence-corrected chi connectivity index (χ1v) is 14.9. The van der Waals surface area contributed by atoms with Crippen molar-refractivity contribution in [1.82, 2.24) is 26.0 Å². The second kappa shape index (κ2) is 14.7. The maximum atomic E-state index is 13.4. The number of carbonyl (C=O) groups excluding carboxylic acids is 4. The number of hydrogen-bond acceptors (Lipinski definition) is 9. The van der Waals surface area contributed by atoms with E-state index in [9.17, 15) is 19.2 Å². The predicted octanol–water partition coefficient (Wildman–Crippen LogP) is 1.63. The number of epoxide rings is 1. The molecule has 2 fully saturated rings. The Hall–Kier alpha value is -3.61. The topological polar surface area (TPSA) is 155 Å². The summed E-state index contributed by atoms with van der Waals surface area (Å²) in [6.07, 6.45) is 1.26. The van der Waals surface area contributed by atoms with Crippen LogP contribution in [0.25, 0.3) is 0 Å². The summed E-state index contributed by atoms with van der Waals surface area (Å²) in [6, 6.07) is 8.54. The monoisotopic (exact) mass is 597 g/mol. The van der Waals surface area contributed by atoms with Crippen LogP contribution in [0.1, 0.15) is 62.3 Å². The Morgan fingerprint density at radius 1 is 0.977 bits per heavy atom. The molecule has 12 nitrogen and oxygen atoms in total. The van der Waals surface area contributed by atoms with Gasteiger partial charge in [0.25, 0.3) is 5.91 Å². The first-order chi connectivity index (χ1) is 20.5. The molecule has 3 amide bonds. The van der Waals surface area contributed by atoms with E-state index in [1.54, 1.807) is 19.9 Å². The zero-order valence-corrected chi connectivity index (χ0v) is 25.4. The van der Waals surface area contributed by atoms with Crippen LogP contribution in [-0.2, 0) is 36.8 Å². The standard InChI is InChI=1S/C31H43N5O7/c1-20(2)16-25(27(37)31(4)19-42-31)34-28(38)21(3)32-29(39)24(11-10-22-8-6-5-7-9-22)33-30(40)26-17-23(43-35-26)18-36-12-14-41-15-13-36/h5-9,17,20-21,24-25H,10-16,18-19H2,1-4H3,(H,32,39)(H,33,40)(H,34,38)/t21-,24-,25-,31+/m0/s1. The molecule has 234 valence electrons. The minimum absolute atomic E-state index is 0.0670. The Bertz CT molecular complexity index is 1250. The van der Waals surface area contributed by atoms with Crippen LogP contribution >= 0.6 is 0 Å². The third kappa shape index (κ3) is 9.44. The summed E-state index contributed by atoms with van der Waals surface area (Å²) in [4.78, 5) is 54.8. The van der Waals surface area contributed by atoms with Crippen molar-refractivity contribution >= 4 is 23.5 Å². The van der Waals surface area contributed by atoms with Gasteiger partial charge < -0.3 is 29.9 Å². The zero-order valence-electron chi connectivity index (χ0n) is 25.4. The van der Waals surface area contributed by atoms with Crippen molar-refractivity contribution in [2.75, 3.05) is 32.9 Å². The second-order valence-electron chi connectivity index (χ2n) is 11.9. The number of aryl methyl sites for hydroxylation is 1. The molecule has 1 aromatic carbocycles. The zero-order chi connectivity index (χ0) is 31.0. The molecule has 43 heavy (non-hydrogen) atoms. The minimum Gasteiger partial charge on any atom is -0.379 e. The van der Waals surface area contributed by atoms with Gasteiger partial charge in [-0.05, 0) is 44.6 Å². The fourth-order valence-electron chi connectivity index (χ4n) is 4.93. The molecule has 1 aromatic heterocycles. The maximum Gasteiger partial charge on any atom is 0.274 e. The normalized spacial score (nSPS) is 20.6. The molecule has 0 bridgehead atoms. The largest absolute Gasteiger partial charge is 0.379 e. The van der Waals surface area contributed by atoms with Crippen LogP contribution in [0.3, 0.4) is 0 Å². The molecule has 2 aromatic rings. The molecule has 0 aliphatic carbocycles. The number of ether oxygens (including phenoxy) is 2. The fraction of sp³-hybridized carbons (Fsp3) is 0.581. The number of carbonyl (C=O) groups is 4. The molecule has 0 saturated carbocycles. The van der Waals surface area contributed by atoms with Gasteiger partial charge >= 0.3 is 0 Å². The van der Waals surface area contributed by atoms with Crippen LogP contribution in [0.15, 0.2) is 40.9 Å². The first kappa shape index (κ1) is 32.3. The number of nitrogens with one attached hydrogen (secondary N) is 3. The van der Waals surface area contributed by atoms with Gasteiger partial charge in [0.1, 0.15) is 17.7 Å². The average molecular weight is 598 g/mol. The van der Waals surface area contributed by atoms with E-state index in [1.807, 2.05) is 44.2 Å². The average Bonchev–Trinajstić information content (AvgIpc) is 3.57. The van der Waals surface area contributed by atoms with E-state index < -0.39 is 41.4 Å². The van der Waals surface area contributed by atoms with Crippen molar-refractivity contribution in [2.24, 2.45) is 5.92 Å². The second-order valence-corrected chi connectivity index (χ2v) is 11.9. The van der Waals surface area contributed by atoms with Gasteiger partial charge in [0.15, 0.2) is 17.2 Å². The quantitative estimate of drug-likeness (QED) is 0.260. The summed E-state index contributed by atoms with van der Waals surface area (Å²) in [5.74, 6) is -1.05. The third-order valence-electron chi connectivity index (χ3n) is 7.65. The highest BCUT2D eigenvalue weighted by Gasteiger charge is 2.50. The number of benzene rings is 1. The molecule has 2 aliphatic heterocycles. The van der Waals surface area contributed by atoms with Gasteiger partial charge in [-0.15, -0.1) is 0 Å². The van der Waals surface area contributed by atoms with Crippen molar-refractivity contribution in [3.05, 3.63) is 53.4 Å². The molecule has 3 N–H and O–H groups in total. The Balaban J connectivity index is 1.39.